The molecule has 0 aliphatic heterocycles. The number of rotatable bonds is 6. The molecule has 31 heavy (non-hydrogen) atoms. The standard InChI is InChI=1S/C26H22ClN3S/c1-18-25(23-17-31-26(29-23)28-15-19-8-4-2-5-9-19)22-14-21(27)12-13-24(22)30(18)16-20-10-6-3-7-11-20/h2-14,17H,15-16H2,1H3,(H,28,29). The Labute approximate surface area is 191 Å². The van der Waals surface area contributed by atoms with Crippen LogP contribution in [0.5, 0.6) is 0 Å². The SMILES string of the molecule is Cc1c(-c2csc(NCc3ccccc3)n2)c2cc(Cl)ccc2n1Cc1ccccc1. The maximum Gasteiger partial charge on any atom is 0.183 e. The molecule has 0 unspecified atom stereocenters. The van der Waals surface area contributed by atoms with Crippen molar-refractivity contribution in [2.75, 3.05) is 5.32 Å². The van der Waals surface area contributed by atoms with Gasteiger partial charge in [-0.05, 0) is 36.2 Å². The third-order valence-corrected chi connectivity index (χ3v) is 6.55. The smallest absolute Gasteiger partial charge is 0.183 e. The molecule has 5 rings (SSSR count). The van der Waals surface area contributed by atoms with Gasteiger partial charge in [0.2, 0.25) is 0 Å². The molecule has 0 radical (unpaired) electrons. The zero-order chi connectivity index (χ0) is 21.2. The van der Waals surface area contributed by atoms with E-state index >= 15 is 0 Å². The normalized spacial score (nSPS) is 11.2. The molecule has 3 aromatic carbocycles. The van der Waals surface area contributed by atoms with Crippen LogP contribution < -0.4 is 5.32 Å². The maximum absolute atomic E-state index is 6.38. The highest BCUT2D eigenvalue weighted by Crippen LogP contribution is 2.37. The highest BCUT2D eigenvalue weighted by molar-refractivity contribution is 7.14. The summed E-state index contributed by atoms with van der Waals surface area (Å²) in [4.78, 5) is 4.91. The molecule has 0 aliphatic rings. The van der Waals surface area contributed by atoms with Crippen LogP contribution in [0.3, 0.4) is 0 Å². The van der Waals surface area contributed by atoms with E-state index in [4.69, 9.17) is 16.6 Å². The van der Waals surface area contributed by atoms with Crippen LogP contribution in [0, 0.1) is 6.92 Å². The van der Waals surface area contributed by atoms with Gasteiger partial charge in [0.15, 0.2) is 5.13 Å². The predicted molar refractivity (Wildman–Crippen MR) is 132 cm³/mol. The summed E-state index contributed by atoms with van der Waals surface area (Å²) in [6.07, 6.45) is 0. The van der Waals surface area contributed by atoms with E-state index in [9.17, 15) is 0 Å². The lowest BCUT2D eigenvalue weighted by Gasteiger charge is -2.09. The van der Waals surface area contributed by atoms with Crippen molar-refractivity contribution in [3.8, 4) is 11.3 Å². The summed E-state index contributed by atoms with van der Waals surface area (Å²) in [5.41, 5.74) is 7.01. The number of benzene rings is 3. The Hall–Kier alpha value is -3.08. The molecule has 1 N–H and O–H groups in total. The first-order valence-electron chi connectivity index (χ1n) is 10.2. The second-order valence-electron chi connectivity index (χ2n) is 7.57. The second-order valence-corrected chi connectivity index (χ2v) is 8.87. The molecule has 0 saturated carbocycles. The zero-order valence-corrected chi connectivity index (χ0v) is 18.8. The van der Waals surface area contributed by atoms with E-state index in [2.05, 4.69) is 88.9 Å². The molecule has 0 bridgehead atoms. The largest absolute Gasteiger partial charge is 0.357 e. The highest BCUT2D eigenvalue weighted by atomic mass is 35.5. The average molecular weight is 444 g/mol. The van der Waals surface area contributed by atoms with E-state index in [1.165, 1.54) is 22.3 Å². The van der Waals surface area contributed by atoms with Crippen molar-refractivity contribution < 1.29 is 0 Å². The number of nitrogens with one attached hydrogen (secondary N) is 1. The number of thiazole rings is 1. The van der Waals surface area contributed by atoms with Crippen LogP contribution in [0.4, 0.5) is 5.13 Å². The van der Waals surface area contributed by atoms with E-state index in [1.54, 1.807) is 11.3 Å². The molecular formula is C26H22ClN3S. The van der Waals surface area contributed by atoms with Gasteiger partial charge in [0.05, 0.1) is 5.69 Å². The van der Waals surface area contributed by atoms with Gasteiger partial charge in [0, 0.05) is 45.7 Å². The number of hydrogen-bond acceptors (Lipinski definition) is 3. The van der Waals surface area contributed by atoms with Crippen molar-refractivity contribution >= 4 is 39.0 Å². The molecule has 5 heteroatoms. The molecule has 0 aliphatic carbocycles. The first kappa shape index (κ1) is 19.9. The van der Waals surface area contributed by atoms with Crippen LogP contribution in [-0.4, -0.2) is 9.55 Å². The van der Waals surface area contributed by atoms with Crippen molar-refractivity contribution in [1.82, 2.24) is 9.55 Å². The number of halogens is 1. The Kier molecular flexibility index (Phi) is 5.49. The first-order chi connectivity index (χ1) is 15.2. The van der Waals surface area contributed by atoms with Crippen LogP contribution in [0.15, 0.2) is 84.2 Å². The van der Waals surface area contributed by atoms with Crippen LogP contribution in [0.1, 0.15) is 16.8 Å². The third-order valence-electron chi connectivity index (χ3n) is 5.52. The zero-order valence-electron chi connectivity index (χ0n) is 17.2. The van der Waals surface area contributed by atoms with Crippen molar-refractivity contribution in [1.29, 1.82) is 0 Å². The molecule has 3 nitrogen and oxygen atoms in total. The average Bonchev–Trinajstić information content (AvgIpc) is 3.36. The topological polar surface area (TPSA) is 29.9 Å². The molecule has 2 heterocycles. The van der Waals surface area contributed by atoms with Crippen LogP contribution in [0.2, 0.25) is 5.02 Å². The van der Waals surface area contributed by atoms with Crippen molar-refractivity contribution in [3.05, 3.63) is 106 Å². The molecule has 2 aromatic heterocycles. The van der Waals surface area contributed by atoms with E-state index < -0.39 is 0 Å². The van der Waals surface area contributed by atoms with Gasteiger partial charge in [-0.1, -0.05) is 72.3 Å². The van der Waals surface area contributed by atoms with Gasteiger partial charge in [-0.15, -0.1) is 11.3 Å². The monoisotopic (exact) mass is 443 g/mol. The summed E-state index contributed by atoms with van der Waals surface area (Å²) in [6.45, 7) is 3.74. The predicted octanol–water partition coefficient (Wildman–Crippen LogP) is 7.39. The summed E-state index contributed by atoms with van der Waals surface area (Å²) in [7, 11) is 0. The highest BCUT2D eigenvalue weighted by Gasteiger charge is 2.18. The molecule has 0 spiro atoms. The lowest BCUT2D eigenvalue weighted by molar-refractivity contribution is 0.806. The molecule has 154 valence electrons. The quantitative estimate of drug-likeness (QED) is 0.296. The fraction of sp³-hybridized carbons (Fsp3) is 0.115. The first-order valence-corrected chi connectivity index (χ1v) is 11.5. The Balaban J connectivity index is 1.52. The Morgan fingerprint density at radius 2 is 1.65 bits per heavy atom. The third kappa shape index (κ3) is 4.09. The van der Waals surface area contributed by atoms with E-state index in [0.29, 0.717) is 0 Å². The number of fused-ring (bicyclic) bond motifs is 1. The minimum absolute atomic E-state index is 0.739. The van der Waals surface area contributed by atoms with Gasteiger partial charge in [-0.3, -0.25) is 0 Å². The van der Waals surface area contributed by atoms with Crippen molar-refractivity contribution in [2.24, 2.45) is 0 Å². The van der Waals surface area contributed by atoms with Crippen molar-refractivity contribution in [2.45, 2.75) is 20.0 Å². The summed E-state index contributed by atoms with van der Waals surface area (Å²) in [6, 6.07) is 27.0. The summed E-state index contributed by atoms with van der Waals surface area (Å²) in [5, 5.41) is 8.38. The molecular weight excluding hydrogens is 422 g/mol. The fourth-order valence-electron chi connectivity index (χ4n) is 3.99. The van der Waals surface area contributed by atoms with Gasteiger partial charge in [-0.2, -0.15) is 0 Å². The second kappa shape index (κ2) is 8.58. The van der Waals surface area contributed by atoms with E-state index in [1.807, 2.05) is 12.1 Å². The Morgan fingerprint density at radius 3 is 2.39 bits per heavy atom. The number of hydrogen-bond donors (Lipinski definition) is 1. The van der Waals surface area contributed by atoms with Crippen LogP contribution in [-0.2, 0) is 13.1 Å². The van der Waals surface area contributed by atoms with Crippen LogP contribution >= 0.6 is 22.9 Å². The number of aromatic nitrogens is 2. The maximum atomic E-state index is 6.38. The summed E-state index contributed by atoms with van der Waals surface area (Å²) < 4.78 is 2.35. The molecule has 0 saturated heterocycles. The fourth-order valence-corrected chi connectivity index (χ4v) is 4.86. The lowest BCUT2D eigenvalue weighted by atomic mass is 10.1. The lowest BCUT2D eigenvalue weighted by Crippen LogP contribution is -2.01. The van der Waals surface area contributed by atoms with Crippen molar-refractivity contribution in [3.63, 3.8) is 0 Å². The molecule has 0 atom stereocenters. The summed E-state index contributed by atoms with van der Waals surface area (Å²) in [5.74, 6) is 0. The van der Waals surface area contributed by atoms with E-state index in [-0.39, 0.29) is 0 Å². The van der Waals surface area contributed by atoms with Gasteiger partial charge in [0.1, 0.15) is 0 Å². The minimum atomic E-state index is 0.739. The van der Waals surface area contributed by atoms with Crippen LogP contribution in [0.25, 0.3) is 22.2 Å². The van der Waals surface area contributed by atoms with E-state index in [0.717, 1.165) is 39.9 Å². The number of anilines is 1. The van der Waals surface area contributed by atoms with Gasteiger partial charge >= 0.3 is 0 Å². The summed E-state index contributed by atoms with van der Waals surface area (Å²) >= 11 is 8.02. The Bertz CT molecular complexity index is 1320. The van der Waals surface area contributed by atoms with Gasteiger partial charge < -0.3 is 9.88 Å². The minimum Gasteiger partial charge on any atom is -0.357 e. The van der Waals surface area contributed by atoms with Gasteiger partial charge in [0.25, 0.3) is 0 Å². The van der Waals surface area contributed by atoms with Gasteiger partial charge in [-0.25, -0.2) is 4.98 Å². The Morgan fingerprint density at radius 1 is 0.935 bits per heavy atom. The number of nitrogens with zero attached hydrogens (tertiary/aromatic N) is 2. The molecule has 5 aromatic rings. The molecule has 0 fully saturated rings. The molecule has 0 amide bonds.